The number of hydrogen-bond donors (Lipinski definition) is 2. The number of anilines is 2. The highest BCUT2D eigenvalue weighted by Crippen LogP contribution is 2.21. The molecule has 0 bridgehead atoms. The number of benzene rings is 1. The Labute approximate surface area is 151 Å². The largest absolute Gasteiger partial charge is 0.381 e. The summed E-state index contributed by atoms with van der Waals surface area (Å²) < 4.78 is 0.950. The molecule has 24 heavy (non-hydrogen) atoms. The minimum Gasteiger partial charge on any atom is -0.381 e. The first-order chi connectivity index (χ1) is 11.7. The maximum Gasteiger partial charge on any atom is 0.256 e. The van der Waals surface area contributed by atoms with Gasteiger partial charge in [0, 0.05) is 16.1 Å². The molecule has 1 aromatic heterocycles. The number of halogens is 1. The summed E-state index contributed by atoms with van der Waals surface area (Å²) in [4.78, 5) is 16.5. The molecule has 0 aliphatic heterocycles. The van der Waals surface area contributed by atoms with Gasteiger partial charge in [-0.3, -0.25) is 4.79 Å². The first-order valence-corrected chi connectivity index (χ1v) is 9.29. The smallest absolute Gasteiger partial charge is 0.256 e. The van der Waals surface area contributed by atoms with Crippen molar-refractivity contribution in [1.82, 2.24) is 4.98 Å². The molecule has 0 radical (unpaired) electrons. The monoisotopic (exact) mass is 387 g/mol. The molecule has 1 amide bonds. The SMILES string of the molecule is O=C(Nc1ccc(NC2CCCCCC2)cn1)c1ccc(Br)cc1. The maximum absolute atomic E-state index is 12.2. The Bertz CT molecular complexity index is 662. The molecule has 1 heterocycles. The summed E-state index contributed by atoms with van der Waals surface area (Å²) in [5.74, 6) is 0.411. The molecular weight excluding hydrogens is 366 g/mol. The van der Waals surface area contributed by atoms with E-state index in [0.29, 0.717) is 17.4 Å². The third-order valence-electron chi connectivity index (χ3n) is 4.34. The van der Waals surface area contributed by atoms with E-state index in [9.17, 15) is 4.79 Å². The number of carbonyl (C=O) groups is 1. The molecule has 1 aliphatic carbocycles. The predicted molar refractivity (Wildman–Crippen MR) is 101 cm³/mol. The van der Waals surface area contributed by atoms with Gasteiger partial charge < -0.3 is 10.6 Å². The van der Waals surface area contributed by atoms with Gasteiger partial charge in [0.25, 0.3) is 5.91 Å². The third-order valence-corrected chi connectivity index (χ3v) is 4.87. The molecule has 3 rings (SSSR count). The zero-order valence-corrected chi connectivity index (χ0v) is 15.2. The van der Waals surface area contributed by atoms with Crippen molar-refractivity contribution in [2.45, 2.75) is 44.6 Å². The zero-order valence-electron chi connectivity index (χ0n) is 13.6. The van der Waals surface area contributed by atoms with Crippen LogP contribution in [0.5, 0.6) is 0 Å². The molecule has 126 valence electrons. The summed E-state index contributed by atoms with van der Waals surface area (Å²) in [5, 5.41) is 6.38. The van der Waals surface area contributed by atoms with Crippen LogP contribution in [0.2, 0.25) is 0 Å². The normalized spacial score (nSPS) is 15.5. The Kier molecular flexibility index (Phi) is 5.86. The second-order valence-electron chi connectivity index (χ2n) is 6.23. The van der Waals surface area contributed by atoms with Gasteiger partial charge in [0.15, 0.2) is 0 Å². The summed E-state index contributed by atoms with van der Waals surface area (Å²) in [6.07, 6.45) is 9.53. The fourth-order valence-electron chi connectivity index (χ4n) is 3.00. The average molecular weight is 388 g/mol. The Morgan fingerprint density at radius 3 is 2.33 bits per heavy atom. The molecule has 0 saturated heterocycles. The lowest BCUT2D eigenvalue weighted by Crippen LogP contribution is -2.18. The molecule has 0 unspecified atom stereocenters. The van der Waals surface area contributed by atoms with Crippen molar-refractivity contribution in [3.8, 4) is 0 Å². The van der Waals surface area contributed by atoms with Crippen LogP contribution < -0.4 is 10.6 Å². The van der Waals surface area contributed by atoms with Crippen molar-refractivity contribution in [1.29, 1.82) is 0 Å². The Balaban J connectivity index is 1.57. The van der Waals surface area contributed by atoms with Crippen molar-refractivity contribution < 1.29 is 4.79 Å². The van der Waals surface area contributed by atoms with Crippen LogP contribution in [-0.4, -0.2) is 16.9 Å². The molecule has 4 nitrogen and oxygen atoms in total. The highest BCUT2D eigenvalue weighted by molar-refractivity contribution is 9.10. The summed E-state index contributed by atoms with van der Waals surface area (Å²) in [5.41, 5.74) is 1.63. The van der Waals surface area contributed by atoms with Crippen molar-refractivity contribution >= 4 is 33.3 Å². The maximum atomic E-state index is 12.2. The van der Waals surface area contributed by atoms with Gasteiger partial charge in [0.05, 0.1) is 11.9 Å². The first-order valence-electron chi connectivity index (χ1n) is 8.50. The van der Waals surface area contributed by atoms with Gasteiger partial charge in [-0.15, -0.1) is 0 Å². The van der Waals surface area contributed by atoms with Crippen LogP contribution in [-0.2, 0) is 0 Å². The van der Waals surface area contributed by atoms with Crippen molar-refractivity contribution in [2.75, 3.05) is 10.6 Å². The van der Waals surface area contributed by atoms with E-state index < -0.39 is 0 Å². The number of pyridine rings is 1. The number of nitrogens with zero attached hydrogens (tertiary/aromatic N) is 1. The van der Waals surface area contributed by atoms with Gasteiger partial charge in [0.1, 0.15) is 5.82 Å². The van der Waals surface area contributed by atoms with E-state index in [0.717, 1.165) is 10.2 Å². The predicted octanol–water partition coefficient (Wildman–Crippen LogP) is 5.23. The molecule has 1 aromatic carbocycles. The molecule has 2 N–H and O–H groups in total. The Hall–Kier alpha value is -1.88. The Morgan fingerprint density at radius 2 is 1.71 bits per heavy atom. The summed E-state index contributed by atoms with van der Waals surface area (Å²) >= 11 is 3.36. The quantitative estimate of drug-likeness (QED) is 0.705. The second-order valence-corrected chi connectivity index (χ2v) is 7.14. The van der Waals surface area contributed by atoms with E-state index in [2.05, 4.69) is 31.5 Å². The first kappa shape index (κ1) is 17.0. The minimum absolute atomic E-state index is 0.153. The lowest BCUT2D eigenvalue weighted by Gasteiger charge is -2.17. The summed E-state index contributed by atoms with van der Waals surface area (Å²) in [7, 11) is 0. The number of carbonyl (C=O) groups excluding carboxylic acids is 1. The number of rotatable bonds is 4. The van der Waals surface area contributed by atoms with Gasteiger partial charge in [-0.2, -0.15) is 0 Å². The second kappa shape index (κ2) is 8.29. The van der Waals surface area contributed by atoms with E-state index in [-0.39, 0.29) is 5.91 Å². The molecular formula is C19H22BrN3O. The van der Waals surface area contributed by atoms with Gasteiger partial charge in [0.2, 0.25) is 0 Å². The minimum atomic E-state index is -0.153. The fourth-order valence-corrected chi connectivity index (χ4v) is 3.27. The highest BCUT2D eigenvalue weighted by Gasteiger charge is 2.12. The molecule has 0 atom stereocenters. The van der Waals surface area contributed by atoms with Crippen LogP contribution in [0.15, 0.2) is 47.1 Å². The summed E-state index contributed by atoms with van der Waals surface area (Å²) in [6, 6.07) is 11.6. The van der Waals surface area contributed by atoms with Crippen LogP contribution >= 0.6 is 15.9 Å². The van der Waals surface area contributed by atoms with Crippen molar-refractivity contribution in [3.63, 3.8) is 0 Å². The van der Waals surface area contributed by atoms with Crippen LogP contribution in [0.1, 0.15) is 48.9 Å². The zero-order chi connectivity index (χ0) is 16.8. The lowest BCUT2D eigenvalue weighted by molar-refractivity contribution is 0.102. The van der Waals surface area contributed by atoms with Gasteiger partial charge >= 0.3 is 0 Å². The third kappa shape index (κ3) is 4.81. The summed E-state index contributed by atoms with van der Waals surface area (Å²) in [6.45, 7) is 0. The number of nitrogens with one attached hydrogen (secondary N) is 2. The van der Waals surface area contributed by atoms with E-state index in [1.54, 1.807) is 18.3 Å². The van der Waals surface area contributed by atoms with Crippen molar-refractivity contribution in [3.05, 3.63) is 52.6 Å². The van der Waals surface area contributed by atoms with E-state index in [1.165, 1.54) is 38.5 Å². The van der Waals surface area contributed by atoms with Gasteiger partial charge in [-0.25, -0.2) is 4.98 Å². The molecule has 5 heteroatoms. The molecule has 0 spiro atoms. The molecule has 1 saturated carbocycles. The topological polar surface area (TPSA) is 54.0 Å². The van der Waals surface area contributed by atoms with E-state index in [1.807, 2.05) is 24.3 Å². The van der Waals surface area contributed by atoms with E-state index in [4.69, 9.17) is 0 Å². The Morgan fingerprint density at radius 1 is 1.00 bits per heavy atom. The lowest BCUT2D eigenvalue weighted by atomic mass is 10.1. The fraction of sp³-hybridized carbons (Fsp3) is 0.368. The van der Waals surface area contributed by atoms with Crippen LogP contribution in [0.25, 0.3) is 0 Å². The number of amides is 1. The number of hydrogen-bond acceptors (Lipinski definition) is 3. The van der Waals surface area contributed by atoms with Gasteiger partial charge in [-0.1, -0.05) is 41.6 Å². The average Bonchev–Trinajstić information content (AvgIpc) is 2.86. The van der Waals surface area contributed by atoms with Gasteiger partial charge in [-0.05, 0) is 49.2 Å². The highest BCUT2D eigenvalue weighted by atomic mass is 79.9. The van der Waals surface area contributed by atoms with Crippen molar-refractivity contribution in [2.24, 2.45) is 0 Å². The van der Waals surface area contributed by atoms with Crippen LogP contribution in [0.3, 0.4) is 0 Å². The number of aromatic nitrogens is 1. The van der Waals surface area contributed by atoms with Crippen LogP contribution in [0.4, 0.5) is 11.5 Å². The molecule has 1 aliphatic rings. The molecule has 2 aromatic rings. The van der Waals surface area contributed by atoms with Crippen LogP contribution in [0, 0.1) is 0 Å². The molecule has 1 fully saturated rings. The van der Waals surface area contributed by atoms with E-state index >= 15 is 0 Å². The standard InChI is InChI=1S/C19H22BrN3O/c20-15-9-7-14(8-10-15)19(24)23-18-12-11-17(13-21-18)22-16-5-3-1-2-4-6-16/h7-13,16,22H,1-6H2,(H,21,23,24).